The van der Waals surface area contributed by atoms with Crippen LogP contribution >= 0.6 is 11.8 Å². The molecule has 2 aliphatic rings. The minimum absolute atomic E-state index is 0.594. The zero-order chi connectivity index (χ0) is 16.3. The van der Waals surface area contributed by atoms with E-state index in [4.69, 9.17) is 4.99 Å². The molecule has 1 heterocycles. The Morgan fingerprint density at radius 2 is 1.87 bits per heavy atom. The van der Waals surface area contributed by atoms with Gasteiger partial charge >= 0.3 is 0 Å². The van der Waals surface area contributed by atoms with Crippen LogP contribution in [0.5, 0.6) is 0 Å². The fraction of sp³-hybridized carbons (Fsp3) is 0.944. The second kappa shape index (κ2) is 11.2. The summed E-state index contributed by atoms with van der Waals surface area (Å²) in [4.78, 5) is 7.48. The quantitative estimate of drug-likeness (QED) is 0.405. The average molecular weight is 341 g/mol. The SMILES string of the molecule is CCNC(=NCCCCSC)NC1CCN(C2CCCC2)CC1. The fourth-order valence-corrected chi connectivity index (χ4v) is 4.23. The van der Waals surface area contributed by atoms with E-state index in [2.05, 4.69) is 28.7 Å². The Kier molecular flexibility index (Phi) is 9.20. The van der Waals surface area contributed by atoms with E-state index in [9.17, 15) is 0 Å². The van der Waals surface area contributed by atoms with Gasteiger partial charge in [0, 0.05) is 38.3 Å². The van der Waals surface area contributed by atoms with E-state index in [1.54, 1.807) is 0 Å². The van der Waals surface area contributed by atoms with Crippen LogP contribution < -0.4 is 10.6 Å². The highest BCUT2D eigenvalue weighted by molar-refractivity contribution is 7.98. The van der Waals surface area contributed by atoms with Gasteiger partial charge in [0.05, 0.1) is 0 Å². The highest BCUT2D eigenvalue weighted by Gasteiger charge is 2.27. The van der Waals surface area contributed by atoms with Crippen LogP contribution in [-0.4, -0.2) is 61.1 Å². The number of guanidine groups is 1. The second-order valence-electron chi connectivity index (χ2n) is 6.85. The minimum atomic E-state index is 0.594. The van der Waals surface area contributed by atoms with Gasteiger partial charge in [0.15, 0.2) is 5.96 Å². The minimum Gasteiger partial charge on any atom is -0.357 e. The molecular formula is C18H36N4S. The molecule has 2 N–H and O–H groups in total. The normalized spacial score (nSPS) is 21.7. The number of hydrogen-bond donors (Lipinski definition) is 2. The zero-order valence-corrected chi connectivity index (χ0v) is 16.0. The van der Waals surface area contributed by atoms with Gasteiger partial charge in [0.1, 0.15) is 0 Å². The van der Waals surface area contributed by atoms with Crippen LogP contribution in [0.3, 0.4) is 0 Å². The second-order valence-corrected chi connectivity index (χ2v) is 7.84. The van der Waals surface area contributed by atoms with Crippen LogP contribution in [0.2, 0.25) is 0 Å². The van der Waals surface area contributed by atoms with E-state index < -0.39 is 0 Å². The van der Waals surface area contributed by atoms with Gasteiger partial charge in [-0.2, -0.15) is 11.8 Å². The third-order valence-electron chi connectivity index (χ3n) is 5.08. The summed E-state index contributed by atoms with van der Waals surface area (Å²) >= 11 is 1.93. The van der Waals surface area contributed by atoms with Crippen molar-refractivity contribution in [3.63, 3.8) is 0 Å². The van der Waals surface area contributed by atoms with E-state index in [0.29, 0.717) is 6.04 Å². The largest absolute Gasteiger partial charge is 0.357 e. The van der Waals surface area contributed by atoms with E-state index in [0.717, 1.165) is 25.1 Å². The van der Waals surface area contributed by atoms with Crippen LogP contribution in [0, 0.1) is 0 Å². The Bertz CT molecular complexity index is 334. The lowest BCUT2D eigenvalue weighted by molar-refractivity contribution is 0.150. The Morgan fingerprint density at radius 1 is 1.13 bits per heavy atom. The van der Waals surface area contributed by atoms with Gasteiger partial charge in [-0.05, 0) is 57.5 Å². The van der Waals surface area contributed by atoms with Crippen molar-refractivity contribution in [2.75, 3.05) is 38.2 Å². The van der Waals surface area contributed by atoms with Gasteiger partial charge in [0.25, 0.3) is 0 Å². The predicted molar refractivity (Wildman–Crippen MR) is 104 cm³/mol. The number of rotatable bonds is 8. The maximum absolute atomic E-state index is 4.75. The summed E-state index contributed by atoms with van der Waals surface area (Å²) < 4.78 is 0. The smallest absolute Gasteiger partial charge is 0.191 e. The predicted octanol–water partition coefficient (Wildman–Crippen LogP) is 3.09. The molecule has 2 rings (SSSR count). The Labute approximate surface area is 147 Å². The van der Waals surface area contributed by atoms with Crippen molar-refractivity contribution < 1.29 is 0 Å². The highest BCUT2D eigenvalue weighted by atomic mass is 32.2. The Morgan fingerprint density at radius 3 is 2.52 bits per heavy atom. The first-order chi connectivity index (χ1) is 11.3. The number of nitrogens with zero attached hydrogens (tertiary/aromatic N) is 2. The maximum atomic E-state index is 4.75. The average Bonchev–Trinajstić information content (AvgIpc) is 3.10. The number of piperidine rings is 1. The molecule has 1 aliphatic carbocycles. The lowest BCUT2D eigenvalue weighted by Crippen LogP contribution is -2.50. The molecule has 0 aromatic heterocycles. The molecule has 0 unspecified atom stereocenters. The molecule has 0 radical (unpaired) electrons. The summed E-state index contributed by atoms with van der Waals surface area (Å²) in [5.74, 6) is 2.27. The number of aliphatic imine (C=N–C) groups is 1. The standard InChI is InChI=1S/C18H36N4S/c1-3-19-18(20-12-6-7-15-23-2)21-16-10-13-22(14-11-16)17-8-4-5-9-17/h16-17H,3-15H2,1-2H3,(H2,19,20,21). The maximum Gasteiger partial charge on any atom is 0.191 e. The Hall–Kier alpha value is -0.420. The molecule has 1 aliphatic heterocycles. The zero-order valence-electron chi connectivity index (χ0n) is 15.1. The van der Waals surface area contributed by atoms with Gasteiger partial charge in [-0.3, -0.25) is 4.99 Å². The molecule has 0 atom stereocenters. The molecule has 4 nitrogen and oxygen atoms in total. The van der Waals surface area contributed by atoms with Crippen molar-refractivity contribution >= 4 is 17.7 Å². The number of likely N-dealkylation sites (tertiary alicyclic amines) is 1. The molecular weight excluding hydrogens is 304 g/mol. The summed E-state index contributed by atoms with van der Waals surface area (Å²) in [6.45, 7) is 6.55. The molecule has 2 fully saturated rings. The van der Waals surface area contributed by atoms with Crippen LogP contribution in [0.4, 0.5) is 0 Å². The van der Waals surface area contributed by atoms with Gasteiger partial charge in [-0.1, -0.05) is 12.8 Å². The molecule has 1 saturated carbocycles. The third-order valence-corrected chi connectivity index (χ3v) is 5.78. The van der Waals surface area contributed by atoms with E-state index in [-0.39, 0.29) is 0 Å². The summed E-state index contributed by atoms with van der Waals surface area (Å²) in [6.07, 6.45) is 12.9. The van der Waals surface area contributed by atoms with Crippen LogP contribution in [0.15, 0.2) is 4.99 Å². The van der Waals surface area contributed by atoms with E-state index in [1.807, 2.05) is 11.8 Å². The number of thioether (sulfide) groups is 1. The number of unbranched alkanes of at least 4 members (excludes halogenated alkanes) is 1. The highest BCUT2D eigenvalue weighted by Crippen LogP contribution is 2.26. The molecule has 0 aromatic carbocycles. The summed E-state index contributed by atoms with van der Waals surface area (Å²) in [6, 6.07) is 1.48. The first-order valence-electron chi connectivity index (χ1n) is 9.61. The summed E-state index contributed by atoms with van der Waals surface area (Å²) in [7, 11) is 0. The molecule has 23 heavy (non-hydrogen) atoms. The third kappa shape index (κ3) is 6.92. The van der Waals surface area contributed by atoms with Crippen molar-refractivity contribution in [3.8, 4) is 0 Å². The molecule has 0 aromatic rings. The van der Waals surface area contributed by atoms with Crippen LogP contribution in [0.1, 0.15) is 58.3 Å². The lowest BCUT2D eigenvalue weighted by Gasteiger charge is -2.36. The van der Waals surface area contributed by atoms with Gasteiger partial charge in [-0.25, -0.2) is 0 Å². The lowest BCUT2D eigenvalue weighted by atomic mass is 10.0. The first kappa shape index (κ1) is 18.9. The molecule has 5 heteroatoms. The van der Waals surface area contributed by atoms with Gasteiger partial charge in [-0.15, -0.1) is 0 Å². The molecule has 0 amide bonds. The number of nitrogens with one attached hydrogen (secondary N) is 2. The van der Waals surface area contributed by atoms with Crippen LogP contribution in [0.25, 0.3) is 0 Å². The van der Waals surface area contributed by atoms with E-state index >= 15 is 0 Å². The summed E-state index contributed by atoms with van der Waals surface area (Å²) in [5, 5.41) is 7.07. The number of hydrogen-bond acceptors (Lipinski definition) is 3. The summed E-state index contributed by atoms with van der Waals surface area (Å²) in [5.41, 5.74) is 0. The van der Waals surface area contributed by atoms with Crippen molar-refractivity contribution in [3.05, 3.63) is 0 Å². The van der Waals surface area contributed by atoms with Crippen molar-refractivity contribution in [1.82, 2.24) is 15.5 Å². The van der Waals surface area contributed by atoms with E-state index in [1.165, 1.54) is 70.2 Å². The first-order valence-corrected chi connectivity index (χ1v) is 11.0. The molecule has 0 spiro atoms. The topological polar surface area (TPSA) is 39.7 Å². The van der Waals surface area contributed by atoms with Gasteiger partial charge in [0.2, 0.25) is 0 Å². The van der Waals surface area contributed by atoms with Crippen LogP contribution in [-0.2, 0) is 0 Å². The van der Waals surface area contributed by atoms with Crippen molar-refractivity contribution in [1.29, 1.82) is 0 Å². The fourth-order valence-electron chi connectivity index (χ4n) is 3.74. The van der Waals surface area contributed by atoms with Gasteiger partial charge < -0.3 is 15.5 Å². The molecule has 1 saturated heterocycles. The van der Waals surface area contributed by atoms with Crippen molar-refractivity contribution in [2.24, 2.45) is 4.99 Å². The molecule has 0 bridgehead atoms. The van der Waals surface area contributed by atoms with Crippen molar-refractivity contribution in [2.45, 2.75) is 70.4 Å². The Balaban J connectivity index is 1.69. The molecule has 134 valence electrons. The monoisotopic (exact) mass is 340 g/mol.